The van der Waals surface area contributed by atoms with Gasteiger partial charge in [-0.15, -0.1) is 11.3 Å². The average Bonchev–Trinajstić information content (AvgIpc) is 3.16. The van der Waals surface area contributed by atoms with Gasteiger partial charge in [-0.2, -0.15) is 0 Å². The Labute approximate surface area is 140 Å². The molecule has 0 aliphatic carbocycles. The van der Waals surface area contributed by atoms with E-state index in [1.807, 2.05) is 24.3 Å². The van der Waals surface area contributed by atoms with Crippen molar-refractivity contribution in [2.24, 2.45) is 0 Å². The number of ether oxygens (including phenoxy) is 1. The van der Waals surface area contributed by atoms with Crippen molar-refractivity contribution in [3.63, 3.8) is 0 Å². The van der Waals surface area contributed by atoms with E-state index >= 15 is 0 Å². The summed E-state index contributed by atoms with van der Waals surface area (Å²) in [7, 11) is 0. The molecule has 0 radical (unpaired) electrons. The fraction of sp³-hybridized carbons (Fsp3) is 0.188. The predicted molar refractivity (Wildman–Crippen MR) is 86.9 cm³/mol. The first kappa shape index (κ1) is 15.7. The van der Waals surface area contributed by atoms with Crippen LogP contribution in [0.15, 0.2) is 40.8 Å². The van der Waals surface area contributed by atoms with Gasteiger partial charge in [-0.3, -0.25) is 9.59 Å². The molecule has 0 saturated heterocycles. The molecule has 0 amide bonds. The number of esters is 1. The van der Waals surface area contributed by atoms with Gasteiger partial charge in [0.1, 0.15) is 5.52 Å². The van der Waals surface area contributed by atoms with E-state index in [1.54, 1.807) is 12.1 Å². The number of fused-ring (bicyclic) bond motifs is 1. The lowest BCUT2D eigenvalue weighted by atomic mass is 10.3. The maximum Gasteiger partial charge on any atom is 0.306 e. The van der Waals surface area contributed by atoms with Crippen LogP contribution in [-0.2, 0) is 16.0 Å². The Morgan fingerprint density at radius 3 is 2.78 bits per heavy atom. The largest absolute Gasteiger partial charge is 0.457 e. The molecule has 0 aliphatic rings. The maximum absolute atomic E-state index is 11.8. The second-order valence-corrected chi connectivity index (χ2v) is 6.48. The second kappa shape index (κ2) is 6.93. The Hall–Kier alpha value is -2.18. The van der Waals surface area contributed by atoms with Gasteiger partial charge >= 0.3 is 5.97 Å². The number of aromatic nitrogens is 1. The molecule has 0 atom stereocenters. The number of rotatable bonds is 6. The topological polar surface area (TPSA) is 69.4 Å². The zero-order valence-electron chi connectivity index (χ0n) is 12.0. The lowest BCUT2D eigenvalue weighted by Gasteiger charge is -2.01. The van der Waals surface area contributed by atoms with Crippen molar-refractivity contribution in [2.45, 2.75) is 12.8 Å². The number of halogens is 1. The summed E-state index contributed by atoms with van der Waals surface area (Å²) < 4.78 is 11.0. The first-order valence-electron chi connectivity index (χ1n) is 6.90. The number of para-hydroxylation sites is 2. The van der Waals surface area contributed by atoms with E-state index in [0.717, 1.165) is 16.9 Å². The van der Waals surface area contributed by atoms with Crippen LogP contribution in [0.3, 0.4) is 0 Å². The molecular weight excluding hydrogens is 338 g/mol. The van der Waals surface area contributed by atoms with Crippen LogP contribution in [0, 0.1) is 0 Å². The number of carbonyl (C=O) groups is 2. The van der Waals surface area contributed by atoms with E-state index in [2.05, 4.69) is 4.98 Å². The van der Waals surface area contributed by atoms with Crippen LogP contribution in [0.4, 0.5) is 0 Å². The van der Waals surface area contributed by atoms with E-state index in [0.29, 0.717) is 27.1 Å². The van der Waals surface area contributed by atoms with Crippen molar-refractivity contribution >= 4 is 45.8 Å². The van der Waals surface area contributed by atoms with Crippen LogP contribution in [0.25, 0.3) is 11.1 Å². The molecule has 0 spiro atoms. The number of hydrogen-bond donors (Lipinski definition) is 0. The van der Waals surface area contributed by atoms with Gasteiger partial charge in [0, 0.05) is 6.42 Å². The number of carbonyl (C=O) groups excluding carboxylic acids is 2. The van der Waals surface area contributed by atoms with Crippen LogP contribution in [-0.4, -0.2) is 23.3 Å². The first-order valence-corrected chi connectivity index (χ1v) is 8.10. The van der Waals surface area contributed by atoms with Gasteiger partial charge in [0.15, 0.2) is 18.1 Å². The lowest BCUT2D eigenvalue weighted by Crippen LogP contribution is -2.13. The molecule has 23 heavy (non-hydrogen) atoms. The van der Waals surface area contributed by atoms with Crippen molar-refractivity contribution in [2.75, 3.05) is 6.61 Å². The normalized spacial score (nSPS) is 10.8. The summed E-state index contributed by atoms with van der Waals surface area (Å²) in [4.78, 5) is 28.3. The quantitative estimate of drug-likeness (QED) is 0.498. The third-order valence-corrected chi connectivity index (χ3v) is 4.37. The molecule has 3 aromatic rings. The van der Waals surface area contributed by atoms with E-state index in [-0.39, 0.29) is 18.8 Å². The van der Waals surface area contributed by atoms with Crippen molar-refractivity contribution in [3.8, 4) is 0 Å². The summed E-state index contributed by atoms with van der Waals surface area (Å²) in [6.45, 7) is -0.288. The zero-order valence-corrected chi connectivity index (χ0v) is 13.5. The summed E-state index contributed by atoms with van der Waals surface area (Å²) in [5.74, 6) is -0.264. The highest BCUT2D eigenvalue weighted by molar-refractivity contribution is 7.18. The molecule has 118 valence electrons. The van der Waals surface area contributed by atoms with Crippen molar-refractivity contribution < 1.29 is 18.7 Å². The second-order valence-electron chi connectivity index (χ2n) is 4.76. The smallest absolute Gasteiger partial charge is 0.306 e. The number of aryl methyl sites for hydroxylation is 1. The van der Waals surface area contributed by atoms with Crippen molar-refractivity contribution in [3.05, 3.63) is 51.5 Å². The highest BCUT2D eigenvalue weighted by Crippen LogP contribution is 2.22. The van der Waals surface area contributed by atoms with E-state index in [4.69, 9.17) is 20.8 Å². The Balaban J connectivity index is 1.48. The van der Waals surface area contributed by atoms with Gasteiger partial charge in [-0.25, -0.2) is 4.98 Å². The molecular formula is C16H12ClNO4S. The number of ketones is 1. The Morgan fingerprint density at radius 2 is 2.04 bits per heavy atom. The molecule has 3 rings (SSSR count). The van der Waals surface area contributed by atoms with Gasteiger partial charge in [0.25, 0.3) is 0 Å². The van der Waals surface area contributed by atoms with Gasteiger partial charge in [0.2, 0.25) is 5.78 Å². The minimum absolute atomic E-state index is 0.102. The zero-order chi connectivity index (χ0) is 16.2. The van der Waals surface area contributed by atoms with E-state index < -0.39 is 5.97 Å². The summed E-state index contributed by atoms with van der Waals surface area (Å²) in [5.41, 5.74) is 1.43. The number of hydrogen-bond acceptors (Lipinski definition) is 6. The fourth-order valence-electron chi connectivity index (χ4n) is 1.99. The molecule has 0 fully saturated rings. The standard InChI is InChI=1S/C16H12ClNO4S/c17-14-6-5-13(23-14)11(19)9-21-16(20)8-7-15-18-10-3-1-2-4-12(10)22-15/h1-6H,7-9H2. The average molecular weight is 350 g/mol. The Kier molecular flexibility index (Phi) is 4.73. The summed E-state index contributed by atoms with van der Waals surface area (Å²) >= 11 is 6.92. The minimum Gasteiger partial charge on any atom is -0.457 e. The number of thiophene rings is 1. The molecule has 0 aliphatic heterocycles. The Morgan fingerprint density at radius 1 is 1.22 bits per heavy atom. The molecule has 2 heterocycles. The monoisotopic (exact) mass is 349 g/mol. The van der Waals surface area contributed by atoms with E-state index in [1.165, 1.54) is 0 Å². The van der Waals surface area contributed by atoms with Gasteiger partial charge < -0.3 is 9.15 Å². The highest BCUT2D eigenvalue weighted by atomic mass is 35.5. The van der Waals surface area contributed by atoms with Gasteiger partial charge in [0.05, 0.1) is 15.6 Å². The predicted octanol–water partition coefficient (Wildman–Crippen LogP) is 3.90. The highest BCUT2D eigenvalue weighted by Gasteiger charge is 2.13. The molecule has 1 aromatic carbocycles. The van der Waals surface area contributed by atoms with Gasteiger partial charge in [-0.05, 0) is 24.3 Å². The number of benzene rings is 1. The summed E-state index contributed by atoms with van der Waals surface area (Å²) in [5, 5.41) is 0. The third-order valence-electron chi connectivity index (χ3n) is 3.09. The lowest BCUT2D eigenvalue weighted by molar-refractivity contribution is -0.142. The van der Waals surface area contributed by atoms with Crippen molar-refractivity contribution in [1.29, 1.82) is 0 Å². The van der Waals surface area contributed by atoms with E-state index in [9.17, 15) is 9.59 Å². The van der Waals surface area contributed by atoms with Crippen LogP contribution in [0.1, 0.15) is 22.0 Å². The van der Waals surface area contributed by atoms with Gasteiger partial charge in [-0.1, -0.05) is 23.7 Å². The Bertz CT molecular complexity index is 822. The summed E-state index contributed by atoms with van der Waals surface area (Å²) in [6, 6.07) is 10.6. The number of Topliss-reactive ketones (excluding diaryl/α,β-unsaturated/α-hetero) is 1. The number of oxazole rings is 1. The first-order chi connectivity index (χ1) is 11.1. The molecule has 0 saturated carbocycles. The van der Waals surface area contributed by atoms with Crippen LogP contribution >= 0.6 is 22.9 Å². The molecule has 0 unspecified atom stereocenters. The molecule has 0 N–H and O–H groups in total. The van der Waals surface area contributed by atoms with Crippen LogP contribution < -0.4 is 0 Å². The molecule has 5 nitrogen and oxygen atoms in total. The summed E-state index contributed by atoms with van der Waals surface area (Å²) in [6.07, 6.45) is 0.428. The third kappa shape index (κ3) is 3.97. The van der Waals surface area contributed by atoms with Crippen molar-refractivity contribution in [1.82, 2.24) is 4.98 Å². The number of nitrogens with zero attached hydrogens (tertiary/aromatic N) is 1. The molecule has 0 bridgehead atoms. The van der Waals surface area contributed by atoms with Crippen LogP contribution in [0.2, 0.25) is 4.34 Å². The minimum atomic E-state index is -0.469. The maximum atomic E-state index is 11.8. The molecule has 7 heteroatoms. The SMILES string of the molecule is O=C(CCc1nc2ccccc2o1)OCC(=O)c1ccc(Cl)s1. The van der Waals surface area contributed by atoms with Crippen LogP contribution in [0.5, 0.6) is 0 Å². The fourth-order valence-corrected chi connectivity index (χ4v) is 2.96. The molecule has 2 aromatic heterocycles.